The van der Waals surface area contributed by atoms with Crippen LogP contribution in [0, 0.1) is 6.92 Å². The molecule has 0 spiro atoms. The quantitative estimate of drug-likeness (QED) is 0.579. The smallest absolute Gasteiger partial charge is 0.274 e. The van der Waals surface area contributed by atoms with Crippen LogP contribution in [-0.2, 0) is 4.84 Å². The van der Waals surface area contributed by atoms with Crippen LogP contribution in [0.1, 0.15) is 26.3 Å². The van der Waals surface area contributed by atoms with Crippen molar-refractivity contribution in [3.63, 3.8) is 0 Å². The fourth-order valence-electron chi connectivity index (χ4n) is 2.55. The molecule has 1 heterocycles. The van der Waals surface area contributed by atoms with Crippen molar-refractivity contribution >= 4 is 23.1 Å². The maximum Gasteiger partial charge on any atom is 0.274 e. The van der Waals surface area contributed by atoms with Crippen LogP contribution >= 0.6 is 0 Å². The second kappa shape index (κ2) is 6.66. The summed E-state index contributed by atoms with van der Waals surface area (Å²) in [5.74, 6) is -0.422. The fraction of sp³-hybridized carbons (Fsp3) is 0.111. The molecule has 0 atom stereocenters. The number of hydrogen-bond donors (Lipinski definition) is 1. The Bertz CT molecular complexity index is 1040. The molecule has 0 radical (unpaired) electrons. The first-order valence-electron chi connectivity index (χ1n) is 7.46. The Morgan fingerprint density at radius 3 is 2.76 bits per heavy atom. The summed E-state index contributed by atoms with van der Waals surface area (Å²) in [7, 11) is 1.34. The summed E-state index contributed by atoms with van der Waals surface area (Å²) in [5, 5.41) is 0.332. The third-order valence-corrected chi connectivity index (χ3v) is 3.84. The molecule has 0 saturated heterocycles. The lowest BCUT2D eigenvalue weighted by Crippen LogP contribution is -2.23. The zero-order chi connectivity index (χ0) is 18.0. The minimum atomic E-state index is -0.422. The van der Waals surface area contributed by atoms with E-state index in [2.05, 4.69) is 15.3 Å². The van der Waals surface area contributed by atoms with Crippen LogP contribution in [0.25, 0.3) is 16.6 Å². The van der Waals surface area contributed by atoms with Gasteiger partial charge in [-0.25, -0.2) is 10.5 Å². The molecule has 1 aromatic heterocycles. The number of nitrogens with zero attached hydrogens (tertiary/aromatic N) is 2. The molecule has 0 unspecified atom stereocenters. The number of benzene rings is 2. The zero-order valence-electron chi connectivity index (χ0n) is 13.6. The van der Waals surface area contributed by atoms with Gasteiger partial charge < -0.3 is 0 Å². The summed E-state index contributed by atoms with van der Waals surface area (Å²) in [6.45, 7) is 1.83. The van der Waals surface area contributed by atoms with Gasteiger partial charge in [-0.05, 0) is 42.8 Å². The molecule has 1 N–H and O–H groups in total. The third kappa shape index (κ3) is 3.05. The molecule has 25 heavy (non-hydrogen) atoms. The van der Waals surface area contributed by atoms with Crippen molar-refractivity contribution < 1.29 is 14.4 Å². The van der Waals surface area contributed by atoms with Crippen LogP contribution in [0.3, 0.4) is 0 Å². The summed E-state index contributed by atoms with van der Waals surface area (Å²) >= 11 is 0. The largest absolute Gasteiger partial charge is 0.298 e. The molecule has 0 aliphatic heterocycles. The highest BCUT2D eigenvalue weighted by Crippen LogP contribution is 2.16. The van der Waals surface area contributed by atoms with E-state index in [-0.39, 0.29) is 5.56 Å². The molecule has 3 aromatic rings. The van der Waals surface area contributed by atoms with Gasteiger partial charge in [-0.2, -0.15) is 0 Å². The molecule has 1 amide bonds. The summed E-state index contributed by atoms with van der Waals surface area (Å²) in [6, 6.07) is 9.69. The molecule has 3 rings (SSSR count). The second-order valence-corrected chi connectivity index (χ2v) is 5.45. The monoisotopic (exact) mass is 337 g/mol. The zero-order valence-corrected chi connectivity index (χ0v) is 13.6. The first-order valence-corrected chi connectivity index (χ1v) is 7.46. The van der Waals surface area contributed by atoms with Crippen LogP contribution in [-0.4, -0.2) is 28.9 Å². The summed E-state index contributed by atoms with van der Waals surface area (Å²) in [5.41, 5.74) is 4.48. The highest BCUT2D eigenvalue weighted by atomic mass is 16.6. The van der Waals surface area contributed by atoms with Crippen molar-refractivity contribution in [3.05, 3.63) is 69.8 Å². The van der Waals surface area contributed by atoms with E-state index in [9.17, 15) is 14.4 Å². The van der Waals surface area contributed by atoms with E-state index in [4.69, 9.17) is 0 Å². The number of rotatable bonds is 4. The molecule has 126 valence electrons. The maximum atomic E-state index is 12.8. The lowest BCUT2D eigenvalue weighted by Gasteiger charge is -2.12. The first-order chi connectivity index (χ1) is 12.0. The Kier molecular flexibility index (Phi) is 4.40. The highest BCUT2D eigenvalue weighted by molar-refractivity contribution is 5.94. The third-order valence-electron chi connectivity index (χ3n) is 3.84. The molecule has 7 heteroatoms. The van der Waals surface area contributed by atoms with E-state index in [0.29, 0.717) is 34.0 Å². The lowest BCUT2D eigenvalue weighted by atomic mass is 10.1. The predicted octanol–water partition coefficient (Wildman–Crippen LogP) is 1.80. The van der Waals surface area contributed by atoms with Crippen LogP contribution in [0.2, 0.25) is 0 Å². The summed E-state index contributed by atoms with van der Waals surface area (Å²) in [6.07, 6.45) is 2.09. The number of hydrogen-bond acceptors (Lipinski definition) is 5. The number of nitrogens with one attached hydrogen (secondary N) is 1. The Labute approximate surface area is 142 Å². The normalized spacial score (nSPS) is 10.6. The number of aromatic nitrogens is 2. The van der Waals surface area contributed by atoms with Gasteiger partial charge in [0.05, 0.1) is 23.7 Å². The van der Waals surface area contributed by atoms with Gasteiger partial charge in [0, 0.05) is 11.1 Å². The first kappa shape index (κ1) is 16.5. The molecule has 0 saturated carbocycles. The van der Waals surface area contributed by atoms with Gasteiger partial charge in [-0.3, -0.25) is 23.8 Å². The maximum absolute atomic E-state index is 12.8. The van der Waals surface area contributed by atoms with Crippen LogP contribution in [0.15, 0.2) is 47.5 Å². The van der Waals surface area contributed by atoms with Gasteiger partial charge in [0.25, 0.3) is 11.5 Å². The number of aryl methyl sites for hydroxylation is 1. The number of hydroxylamine groups is 1. The summed E-state index contributed by atoms with van der Waals surface area (Å²) < 4.78 is 1.36. The number of aldehydes is 1. The van der Waals surface area contributed by atoms with Gasteiger partial charge in [0.15, 0.2) is 0 Å². The van der Waals surface area contributed by atoms with Crippen molar-refractivity contribution in [2.24, 2.45) is 0 Å². The lowest BCUT2D eigenvalue weighted by molar-refractivity contribution is 0.0537. The average Bonchev–Trinajstić information content (AvgIpc) is 2.63. The molecular formula is C18H15N3O4. The van der Waals surface area contributed by atoms with Gasteiger partial charge >= 0.3 is 0 Å². The molecule has 0 aliphatic rings. The van der Waals surface area contributed by atoms with Crippen molar-refractivity contribution in [3.8, 4) is 5.69 Å². The van der Waals surface area contributed by atoms with Gasteiger partial charge in [-0.1, -0.05) is 6.07 Å². The van der Waals surface area contributed by atoms with E-state index in [0.717, 1.165) is 5.56 Å². The van der Waals surface area contributed by atoms with Gasteiger partial charge in [0.2, 0.25) is 0 Å². The average molecular weight is 337 g/mol. The van der Waals surface area contributed by atoms with Crippen molar-refractivity contribution in [1.82, 2.24) is 15.0 Å². The van der Waals surface area contributed by atoms with Gasteiger partial charge in [0.1, 0.15) is 12.6 Å². The predicted molar refractivity (Wildman–Crippen MR) is 91.9 cm³/mol. The van der Waals surface area contributed by atoms with Gasteiger partial charge in [-0.15, -0.1) is 0 Å². The highest BCUT2D eigenvalue weighted by Gasteiger charge is 2.12. The standard InChI is InChI=1S/C18H15N3O4/c1-11-3-5-13(17(23)20-25-2)8-16(11)21-10-19-15-6-4-12(9-22)7-14(15)18(21)24/h3-10H,1-2H3,(H,20,23). The number of amides is 1. The molecule has 0 aliphatic carbocycles. The Morgan fingerprint density at radius 1 is 1.24 bits per heavy atom. The SMILES string of the molecule is CONC(=O)c1ccc(C)c(-n2cnc3ccc(C=O)cc3c2=O)c1. The Hall–Kier alpha value is -3.32. The summed E-state index contributed by atoms with van der Waals surface area (Å²) in [4.78, 5) is 44.6. The van der Waals surface area contributed by atoms with Crippen molar-refractivity contribution in [2.75, 3.05) is 7.11 Å². The van der Waals surface area contributed by atoms with E-state index in [1.54, 1.807) is 30.3 Å². The van der Waals surface area contributed by atoms with E-state index in [1.165, 1.54) is 24.1 Å². The number of fused-ring (bicyclic) bond motifs is 1. The topological polar surface area (TPSA) is 90.3 Å². The molecule has 2 aromatic carbocycles. The number of carbonyl (C=O) groups excluding carboxylic acids is 2. The molecule has 7 nitrogen and oxygen atoms in total. The van der Waals surface area contributed by atoms with Crippen LogP contribution in [0.4, 0.5) is 0 Å². The Morgan fingerprint density at radius 2 is 2.04 bits per heavy atom. The van der Waals surface area contributed by atoms with E-state index in [1.807, 2.05) is 6.92 Å². The van der Waals surface area contributed by atoms with Crippen LogP contribution < -0.4 is 11.0 Å². The molecule has 0 bridgehead atoms. The number of carbonyl (C=O) groups is 2. The van der Waals surface area contributed by atoms with E-state index < -0.39 is 5.91 Å². The Balaban J connectivity index is 2.20. The van der Waals surface area contributed by atoms with Crippen LogP contribution in [0.5, 0.6) is 0 Å². The fourth-order valence-corrected chi connectivity index (χ4v) is 2.55. The minimum Gasteiger partial charge on any atom is -0.298 e. The van der Waals surface area contributed by atoms with Crippen molar-refractivity contribution in [1.29, 1.82) is 0 Å². The molecule has 0 fully saturated rings. The molecular weight excluding hydrogens is 322 g/mol. The van der Waals surface area contributed by atoms with Crippen molar-refractivity contribution in [2.45, 2.75) is 6.92 Å². The minimum absolute atomic E-state index is 0.318. The second-order valence-electron chi connectivity index (χ2n) is 5.45. The van der Waals surface area contributed by atoms with E-state index >= 15 is 0 Å².